The third kappa shape index (κ3) is 5.47. The number of hydrogen-bond acceptors (Lipinski definition) is 3. The van der Waals surface area contributed by atoms with E-state index in [4.69, 9.17) is 11.6 Å². The summed E-state index contributed by atoms with van der Waals surface area (Å²) in [6, 6.07) is 4.73. The number of benzene rings is 1. The smallest absolute Gasteiger partial charge is 0.293 e. The van der Waals surface area contributed by atoms with Gasteiger partial charge in [-0.1, -0.05) is 56.7 Å². The number of nitro benzene ring substituents is 1. The van der Waals surface area contributed by atoms with E-state index in [0.29, 0.717) is 10.7 Å². The van der Waals surface area contributed by atoms with Crippen molar-refractivity contribution >= 4 is 23.0 Å². The van der Waals surface area contributed by atoms with Crippen LogP contribution in [0.3, 0.4) is 0 Å². The highest BCUT2D eigenvalue weighted by atomic mass is 35.5. The second-order valence-corrected chi connectivity index (χ2v) is 4.99. The molecule has 0 heterocycles. The van der Waals surface area contributed by atoms with Gasteiger partial charge in [0.25, 0.3) is 5.69 Å². The number of unbranched alkanes of at least 4 members (excludes halogenated alkanes) is 5. The van der Waals surface area contributed by atoms with Gasteiger partial charge < -0.3 is 5.32 Å². The number of halogens is 1. The van der Waals surface area contributed by atoms with E-state index in [0.717, 1.165) is 19.4 Å². The van der Waals surface area contributed by atoms with E-state index >= 15 is 0 Å². The molecule has 0 spiro atoms. The molecule has 106 valence electrons. The molecule has 4 nitrogen and oxygen atoms in total. The van der Waals surface area contributed by atoms with Crippen molar-refractivity contribution in [2.24, 2.45) is 0 Å². The Balaban J connectivity index is 2.38. The first-order chi connectivity index (χ1) is 9.16. The fourth-order valence-electron chi connectivity index (χ4n) is 1.96. The number of nitrogens with zero attached hydrogens (tertiary/aromatic N) is 1. The van der Waals surface area contributed by atoms with Crippen molar-refractivity contribution < 1.29 is 4.92 Å². The van der Waals surface area contributed by atoms with Crippen molar-refractivity contribution in [3.63, 3.8) is 0 Å². The van der Waals surface area contributed by atoms with Gasteiger partial charge >= 0.3 is 0 Å². The molecule has 0 unspecified atom stereocenters. The molecule has 19 heavy (non-hydrogen) atoms. The molecule has 5 heteroatoms. The molecule has 0 amide bonds. The van der Waals surface area contributed by atoms with Gasteiger partial charge in [0.1, 0.15) is 5.69 Å². The van der Waals surface area contributed by atoms with Crippen molar-refractivity contribution in [3.8, 4) is 0 Å². The van der Waals surface area contributed by atoms with Gasteiger partial charge in [-0.2, -0.15) is 0 Å². The minimum absolute atomic E-state index is 0.0403. The Morgan fingerprint density at radius 3 is 2.58 bits per heavy atom. The summed E-state index contributed by atoms with van der Waals surface area (Å²) < 4.78 is 0. The molecule has 0 fully saturated rings. The molecular weight excluding hydrogens is 264 g/mol. The van der Waals surface area contributed by atoms with Crippen LogP contribution in [0.4, 0.5) is 11.4 Å². The van der Waals surface area contributed by atoms with Crippen molar-refractivity contribution in [3.05, 3.63) is 33.3 Å². The number of nitrogens with one attached hydrogen (secondary N) is 1. The van der Waals surface area contributed by atoms with Gasteiger partial charge in [0.05, 0.1) is 9.95 Å². The van der Waals surface area contributed by atoms with Crippen LogP contribution in [-0.2, 0) is 0 Å². The first-order valence-electron chi connectivity index (χ1n) is 6.83. The highest BCUT2D eigenvalue weighted by Gasteiger charge is 2.15. The van der Waals surface area contributed by atoms with E-state index in [1.165, 1.54) is 31.7 Å². The Morgan fingerprint density at radius 2 is 1.89 bits per heavy atom. The van der Waals surface area contributed by atoms with Crippen LogP contribution in [-0.4, -0.2) is 11.5 Å². The number of nitro groups is 1. The van der Waals surface area contributed by atoms with Crippen LogP contribution in [0.5, 0.6) is 0 Å². The molecule has 0 aliphatic heterocycles. The Bertz CT molecular complexity index is 410. The summed E-state index contributed by atoms with van der Waals surface area (Å²) in [6.07, 6.45) is 7.16. The van der Waals surface area contributed by atoms with E-state index in [9.17, 15) is 10.1 Å². The Kier molecular flexibility index (Phi) is 7.26. The summed E-state index contributed by atoms with van der Waals surface area (Å²) in [7, 11) is 0. The van der Waals surface area contributed by atoms with Crippen LogP contribution in [0, 0.1) is 10.1 Å². The monoisotopic (exact) mass is 284 g/mol. The lowest BCUT2D eigenvalue weighted by molar-refractivity contribution is -0.383. The summed E-state index contributed by atoms with van der Waals surface area (Å²) in [5.41, 5.74) is 0.473. The minimum atomic E-state index is -0.407. The Labute approximate surface area is 119 Å². The van der Waals surface area contributed by atoms with E-state index in [1.807, 2.05) is 0 Å². The van der Waals surface area contributed by atoms with Crippen LogP contribution >= 0.6 is 11.6 Å². The quantitative estimate of drug-likeness (QED) is 0.393. The van der Waals surface area contributed by atoms with Gasteiger partial charge in [-0.25, -0.2) is 0 Å². The Hall–Kier alpha value is -1.29. The van der Waals surface area contributed by atoms with Crippen molar-refractivity contribution in [2.75, 3.05) is 11.9 Å². The standard InChI is InChI=1S/C14H21ClN2O2/c1-2-3-4-5-6-7-11-16-14-12(15)9-8-10-13(14)17(18)19/h8-10,16H,2-7,11H2,1H3. The molecular formula is C14H21ClN2O2. The maximum Gasteiger partial charge on any atom is 0.293 e. The number of hydrogen-bond donors (Lipinski definition) is 1. The van der Waals surface area contributed by atoms with Crippen LogP contribution in [0.25, 0.3) is 0 Å². The summed E-state index contributed by atoms with van der Waals surface area (Å²) in [5, 5.41) is 14.4. The third-order valence-electron chi connectivity index (χ3n) is 3.02. The molecule has 0 aliphatic rings. The van der Waals surface area contributed by atoms with E-state index in [1.54, 1.807) is 12.1 Å². The minimum Gasteiger partial charge on any atom is -0.378 e. The lowest BCUT2D eigenvalue weighted by Crippen LogP contribution is -2.04. The summed E-state index contributed by atoms with van der Waals surface area (Å²) >= 11 is 5.99. The summed E-state index contributed by atoms with van der Waals surface area (Å²) in [5.74, 6) is 0. The van der Waals surface area contributed by atoms with Crippen LogP contribution < -0.4 is 5.32 Å². The van der Waals surface area contributed by atoms with Gasteiger partial charge in [0, 0.05) is 12.6 Å². The van der Waals surface area contributed by atoms with Gasteiger partial charge in [-0.3, -0.25) is 10.1 Å². The van der Waals surface area contributed by atoms with Crippen molar-refractivity contribution in [1.82, 2.24) is 0 Å². The van der Waals surface area contributed by atoms with Gasteiger partial charge in [-0.05, 0) is 12.5 Å². The van der Waals surface area contributed by atoms with Crippen LogP contribution in [0.2, 0.25) is 5.02 Å². The van der Waals surface area contributed by atoms with E-state index in [-0.39, 0.29) is 5.69 Å². The first kappa shape index (κ1) is 15.8. The summed E-state index contributed by atoms with van der Waals surface area (Å²) in [4.78, 5) is 10.5. The fourth-order valence-corrected chi connectivity index (χ4v) is 2.19. The zero-order valence-corrected chi connectivity index (χ0v) is 12.1. The van der Waals surface area contributed by atoms with E-state index in [2.05, 4.69) is 12.2 Å². The molecule has 1 rings (SSSR count). The molecule has 0 bridgehead atoms. The maximum atomic E-state index is 10.9. The lowest BCUT2D eigenvalue weighted by atomic mass is 10.1. The highest BCUT2D eigenvalue weighted by Crippen LogP contribution is 2.31. The molecule has 0 atom stereocenters. The number of para-hydroxylation sites is 1. The third-order valence-corrected chi connectivity index (χ3v) is 3.34. The van der Waals surface area contributed by atoms with Gasteiger partial charge in [0.2, 0.25) is 0 Å². The number of rotatable bonds is 9. The average Bonchev–Trinajstić information content (AvgIpc) is 2.39. The zero-order valence-electron chi connectivity index (χ0n) is 11.3. The SMILES string of the molecule is CCCCCCCCNc1c(Cl)cccc1[N+](=O)[O-]. The largest absolute Gasteiger partial charge is 0.378 e. The molecule has 0 radical (unpaired) electrons. The van der Waals surface area contributed by atoms with Crippen molar-refractivity contribution in [2.45, 2.75) is 45.4 Å². The fraction of sp³-hybridized carbons (Fsp3) is 0.571. The van der Waals surface area contributed by atoms with E-state index < -0.39 is 4.92 Å². The number of anilines is 1. The summed E-state index contributed by atoms with van der Waals surface area (Å²) in [6.45, 7) is 2.91. The zero-order chi connectivity index (χ0) is 14.1. The first-order valence-corrected chi connectivity index (χ1v) is 7.21. The second kappa shape index (κ2) is 8.75. The second-order valence-electron chi connectivity index (χ2n) is 4.59. The molecule has 1 N–H and O–H groups in total. The topological polar surface area (TPSA) is 55.2 Å². The molecule has 1 aromatic rings. The average molecular weight is 285 g/mol. The van der Waals surface area contributed by atoms with Crippen LogP contribution in [0.1, 0.15) is 45.4 Å². The molecule has 0 saturated heterocycles. The maximum absolute atomic E-state index is 10.9. The molecule has 0 aromatic heterocycles. The van der Waals surface area contributed by atoms with Gasteiger partial charge in [-0.15, -0.1) is 0 Å². The molecule has 0 saturated carbocycles. The molecule has 1 aromatic carbocycles. The predicted molar refractivity (Wildman–Crippen MR) is 80.0 cm³/mol. The van der Waals surface area contributed by atoms with Gasteiger partial charge in [0.15, 0.2) is 0 Å². The molecule has 0 aliphatic carbocycles. The normalized spacial score (nSPS) is 10.4. The highest BCUT2D eigenvalue weighted by molar-refractivity contribution is 6.33. The predicted octanol–water partition coefficient (Wildman–Crippen LogP) is 5.02. The van der Waals surface area contributed by atoms with Crippen molar-refractivity contribution in [1.29, 1.82) is 0 Å². The van der Waals surface area contributed by atoms with Crippen LogP contribution in [0.15, 0.2) is 18.2 Å². The lowest BCUT2D eigenvalue weighted by Gasteiger charge is -2.08. The Morgan fingerprint density at radius 1 is 1.21 bits per heavy atom.